The Morgan fingerprint density at radius 2 is 2.04 bits per heavy atom. The second-order valence-electron chi connectivity index (χ2n) is 6.42. The highest BCUT2D eigenvalue weighted by molar-refractivity contribution is 6.01. The van der Waals surface area contributed by atoms with Crippen molar-refractivity contribution in [3.63, 3.8) is 0 Å². The van der Waals surface area contributed by atoms with Gasteiger partial charge >= 0.3 is 0 Å². The molecule has 0 atom stereocenters. The lowest BCUT2D eigenvalue weighted by Crippen LogP contribution is -2.07. The molecule has 1 amide bonds. The fraction of sp³-hybridized carbons (Fsp3) is 0.143. The van der Waals surface area contributed by atoms with Gasteiger partial charge in [-0.3, -0.25) is 14.8 Å². The number of H-pyrrole nitrogens is 1. The monoisotopic (exact) mass is 373 g/mol. The molecule has 0 aromatic carbocycles. The van der Waals surface area contributed by atoms with E-state index in [1.807, 2.05) is 43.3 Å². The van der Waals surface area contributed by atoms with Gasteiger partial charge in [0.05, 0.1) is 41.3 Å². The van der Waals surface area contributed by atoms with Crippen LogP contribution in [0.5, 0.6) is 5.75 Å². The van der Waals surface area contributed by atoms with E-state index in [1.54, 1.807) is 19.5 Å². The number of nitrogens with one attached hydrogen (secondary N) is 2. The number of methoxy groups -OCH3 is 1. The Kier molecular flexibility index (Phi) is 4.49. The fourth-order valence-electron chi connectivity index (χ4n) is 3.15. The maximum Gasteiger partial charge on any atom is 0.222 e. The highest BCUT2D eigenvalue weighted by Crippen LogP contribution is 2.37. The molecule has 4 aromatic heterocycles. The quantitative estimate of drug-likeness (QED) is 0.565. The van der Waals surface area contributed by atoms with Gasteiger partial charge in [0.1, 0.15) is 11.6 Å². The Bertz CT molecular complexity index is 1180. The van der Waals surface area contributed by atoms with Gasteiger partial charge in [-0.1, -0.05) is 6.07 Å². The van der Waals surface area contributed by atoms with Crippen LogP contribution in [0.15, 0.2) is 48.8 Å². The van der Waals surface area contributed by atoms with Crippen LogP contribution in [-0.4, -0.2) is 33.0 Å². The molecule has 0 aliphatic carbocycles. The number of aromatic amines is 1. The summed E-state index contributed by atoms with van der Waals surface area (Å²) in [7, 11) is 1.61. The molecule has 0 saturated carbocycles. The molecule has 0 unspecified atom stereocenters. The minimum absolute atomic E-state index is 0.173. The molecule has 0 bridgehead atoms. The number of amides is 1. The first-order valence-corrected chi connectivity index (χ1v) is 8.79. The predicted octanol–water partition coefficient (Wildman–Crippen LogP) is 3.96. The summed E-state index contributed by atoms with van der Waals surface area (Å²) in [5.41, 5.74) is 5.98. The number of rotatable bonds is 4. The van der Waals surface area contributed by atoms with E-state index >= 15 is 0 Å². The molecule has 0 saturated heterocycles. The molecular weight excluding hydrogens is 354 g/mol. The van der Waals surface area contributed by atoms with Crippen molar-refractivity contribution in [2.24, 2.45) is 0 Å². The van der Waals surface area contributed by atoms with E-state index in [4.69, 9.17) is 4.74 Å². The molecule has 7 nitrogen and oxygen atoms in total. The summed E-state index contributed by atoms with van der Waals surface area (Å²) in [6, 6.07) is 11.5. The number of pyridine rings is 3. The molecule has 0 radical (unpaired) electrons. The first-order valence-electron chi connectivity index (χ1n) is 8.79. The number of nitrogens with zero attached hydrogens (tertiary/aromatic N) is 3. The molecule has 2 N–H and O–H groups in total. The van der Waals surface area contributed by atoms with E-state index in [0.29, 0.717) is 11.6 Å². The van der Waals surface area contributed by atoms with Gasteiger partial charge in [0.15, 0.2) is 0 Å². The molecule has 7 heteroatoms. The third-order valence-corrected chi connectivity index (χ3v) is 4.34. The smallest absolute Gasteiger partial charge is 0.222 e. The summed E-state index contributed by atoms with van der Waals surface area (Å²) < 4.78 is 5.31. The number of anilines is 1. The lowest BCUT2D eigenvalue weighted by atomic mass is 10.0. The van der Waals surface area contributed by atoms with Crippen molar-refractivity contribution in [3.05, 3.63) is 54.5 Å². The minimum atomic E-state index is -0.173. The van der Waals surface area contributed by atoms with Crippen molar-refractivity contribution in [2.45, 2.75) is 13.8 Å². The minimum Gasteiger partial charge on any atom is -0.495 e. The molecule has 4 aromatic rings. The van der Waals surface area contributed by atoms with Gasteiger partial charge in [0.25, 0.3) is 0 Å². The Morgan fingerprint density at radius 3 is 2.79 bits per heavy atom. The van der Waals surface area contributed by atoms with E-state index in [2.05, 4.69) is 25.3 Å². The van der Waals surface area contributed by atoms with Gasteiger partial charge in [-0.2, -0.15) is 0 Å². The second kappa shape index (κ2) is 7.11. The SMILES string of the molecule is COc1cnc2c(-c3cccc(C)n3)c(-c3ccnc(NC(C)=O)c3)[nH]c2c1. The van der Waals surface area contributed by atoms with Crippen LogP contribution in [0.2, 0.25) is 0 Å². The Hall–Kier alpha value is -3.74. The average Bonchev–Trinajstić information content (AvgIpc) is 3.06. The summed E-state index contributed by atoms with van der Waals surface area (Å²) >= 11 is 0. The van der Waals surface area contributed by atoms with Gasteiger partial charge in [-0.25, -0.2) is 4.98 Å². The van der Waals surface area contributed by atoms with Crippen molar-refractivity contribution in [1.29, 1.82) is 0 Å². The largest absolute Gasteiger partial charge is 0.495 e. The van der Waals surface area contributed by atoms with E-state index < -0.39 is 0 Å². The zero-order valence-corrected chi connectivity index (χ0v) is 15.8. The predicted molar refractivity (Wildman–Crippen MR) is 108 cm³/mol. The summed E-state index contributed by atoms with van der Waals surface area (Å²) in [6.07, 6.45) is 3.35. The normalized spacial score (nSPS) is 10.8. The average molecular weight is 373 g/mol. The van der Waals surface area contributed by atoms with E-state index in [9.17, 15) is 4.79 Å². The van der Waals surface area contributed by atoms with Crippen molar-refractivity contribution >= 4 is 22.8 Å². The van der Waals surface area contributed by atoms with Crippen molar-refractivity contribution < 1.29 is 9.53 Å². The molecule has 140 valence electrons. The molecule has 4 rings (SSSR count). The second-order valence-corrected chi connectivity index (χ2v) is 6.42. The zero-order valence-electron chi connectivity index (χ0n) is 15.8. The fourth-order valence-corrected chi connectivity index (χ4v) is 3.15. The number of carbonyl (C=O) groups is 1. The van der Waals surface area contributed by atoms with Gasteiger partial charge in [0.2, 0.25) is 5.91 Å². The standard InChI is InChI=1S/C21H19N5O2/c1-12-5-4-6-16(24-12)19-20(14-7-8-22-18(9-14)25-13(2)27)26-17-10-15(28-3)11-23-21(17)19/h4-11,26H,1-3H3,(H,22,25,27). The summed E-state index contributed by atoms with van der Waals surface area (Å²) in [5.74, 6) is 0.975. The van der Waals surface area contributed by atoms with Crippen LogP contribution >= 0.6 is 0 Å². The topological polar surface area (TPSA) is 92.8 Å². The number of hydrogen-bond donors (Lipinski definition) is 2. The maximum absolute atomic E-state index is 11.4. The molecule has 0 aliphatic heterocycles. The maximum atomic E-state index is 11.4. The van der Waals surface area contributed by atoms with Crippen LogP contribution in [0.3, 0.4) is 0 Å². The molecule has 4 heterocycles. The molecule has 0 aliphatic rings. The Labute approximate surface area is 161 Å². The van der Waals surface area contributed by atoms with Crippen molar-refractivity contribution in [2.75, 3.05) is 12.4 Å². The Balaban J connectivity index is 1.97. The van der Waals surface area contributed by atoms with Crippen LogP contribution in [-0.2, 0) is 4.79 Å². The number of aryl methyl sites for hydroxylation is 1. The zero-order chi connectivity index (χ0) is 19.7. The molecule has 0 spiro atoms. The number of ether oxygens (including phenoxy) is 1. The van der Waals surface area contributed by atoms with E-state index in [1.165, 1.54) is 6.92 Å². The van der Waals surface area contributed by atoms with Gasteiger partial charge in [-0.15, -0.1) is 0 Å². The first kappa shape index (κ1) is 17.7. The molecular formula is C21H19N5O2. The molecule has 28 heavy (non-hydrogen) atoms. The lowest BCUT2D eigenvalue weighted by Gasteiger charge is -2.07. The van der Waals surface area contributed by atoms with Gasteiger partial charge < -0.3 is 15.0 Å². The number of aromatic nitrogens is 4. The van der Waals surface area contributed by atoms with Crippen LogP contribution in [0.25, 0.3) is 33.5 Å². The number of carbonyl (C=O) groups excluding carboxylic acids is 1. The lowest BCUT2D eigenvalue weighted by molar-refractivity contribution is -0.114. The number of fused-ring (bicyclic) bond motifs is 1. The number of hydrogen-bond acceptors (Lipinski definition) is 5. The van der Waals surface area contributed by atoms with Crippen LogP contribution in [0, 0.1) is 6.92 Å². The van der Waals surface area contributed by atoms with Crippen LogP contribution in [0.4, 0.5) is 5.82 Å². The highest BCUT2D eigenvalue weighted by atomic mass is 16.5. The summed E-state index contributed by atoms with van der Waals surface area (Å²) in [5, 5.41) is 2.72. The van der Waals surface area contributed by atoms with Crippen LogP contribution < -0.4 is 10.1 Å². The van der Waals surface area contributed by atoms with Gasteiger partial charge in [-0.05, 0) is 31.2 Å². The van der Waals surface area contributed by atoms with Crippen molar-refractivity contribution in [3.8, 4) is 28.3 Å². The van der Waals surface area contributed by atoms with E-state index in [0.717, 1.165) is 39.2 Å². The third-order valence-electron chi connectivity index (χ3n) is 4.34. The van der Waals surface area contributed by atoms with Crippen LogP contribution in [0.1, 0.15) is 12.6 Å². The first-order chi connectivity index (χ1) is 13.5. The van der Waals surface area contributed by atoms with Gasteiger partial charge in [0, 0.05) is 30.4 Å². The highest BCUT2D eigenvalue weighted by Gasteiger charge is 2.18. The third kappa shape index (κ3) is 3.29. The summed E-state index contributed by atoms with van der Waals surface area (Å²) in [6.45, 7) is 3.41. The van der Waals surface area contributed by atoms with E-state index in [-0.39, 0.29) is 5.91 Å². The Morgan fingerprint density at radius 1 is 1.18 bits per heavy atom. The molecule has 0 fully saturated rings. The van der Waals surface area contributed by atoms with Crippen molar-refractivity contribution in [1.82, 2.24) is 19.9 Å². The summed E-state index contributed by atoms with van der Waals surface area (Å²) in [4.78, 5) is 28.3.